The Morgan fingerprint density at radius 1 is 1.20 bits per heavy atom. The highest BCUT2D eigenvalue weighted by Gasteiger charge is 2.59. The van der Waals surface area contributed by atoms with Crippen molar-refractivity contribution in [2.24, 2.45) is 40.4 Å². The third kappa shape index (κ3) is 5.17. The van der Waals surface area contributed by atoms with E-state index in [9.17, 15) is 18.0 Å². The van der Waals surface area contributed by atoms with Crippen LogP contribution in [0.15, 0.2) is 30.3 Å². The van der Waals surface area contributed by atoms with E-state index in [0.717, 1.165) is 25.0 Å². The molecule has 9 heteroatoms. The Labute approximate surface area is 243 Å². The summed E-state index contributed by atoms with van der Waals surface area (Å²) >= 11 is 1.61. The fourth-order valence-corrected chi connectivity index (χ4v) is 10.4. The molecule has 41 heavy (non-hydrogen) atoms. The van der Waals surface area contributed by atoms with Crippen molar-refractivity contribution in [1.29, 1.82) is 0 Å². The number of allylic oxidation sites excluding steroid dienone is 2. The number of rotatable bonds is 6. The van der Waals surface area contributed by atoms with Crippen LogP contribution in [0.25, 0.3) is 5.57 Å². The van der Waals surface area contributed by atoms with Crippen LogP contribution in [-0.2, 0) is 16.0 Å². The minimum Gasteiger partial charge on any atom is -0.466 e. The molecule has 0 spiro atoms. The normalized spacial score (nSPS) is 33.0. The summed E-state index contributed by atoms with van der Waals surface area (Å²) in [5, 5.41) is 3.92. The van der Waals surface area contributed by atoms with E-state index in [1.165, 1.54) is 55.2 Å². The number of nitrogens with one attached hydrogen (secondary N) is 1. The van der Waals surface area contributed by atoms with Gasteiger partial charge in [-0.1, -0.05) is 44.3 Å². The molecule has 7 atom stereocenters. The van der Waals surface area contributed by atoms with Gasteiger partial charge in [0.1, 0.15) is 5.75 Å². The van der Waals surface area contributed by atoms with Gasteiger partial charge in [0.25, 0.3) is 0 Å². The molecule has 1 aromatic carbocycles. The predicted molar refractivity (Wildman–Crippen MR) is 154 cm³/mol. The molecule has 0 amide bonds. The largest absolute Gasteiger partial charge is 0.573 e. The van der Waals surface area contributed by atoms with Crippen LogP contribution in [0.3, 0.4) is 0 Å². The maximum atomic E-state index is 12.7. The van der Waals surface area contributed by atoms with E-state index < -0.39 is 6.36 Å². The quantitative estimate of drug-likeness (QED) is 0.342. The molecule has 6 rings (SSSR count). The zero-order valence-corrected chi connectivity index (χ0v) is 25.0. The number of benzene rings is 1. The molecule has 0 unspecified atom stereocenters. The Kier molecular flexibility index (Phi) is 7.19. The monoisotopic (exact) mass is 588 g/mol. The molecule has 0 bridgehead atoms. The van der Waals surface area contributed by atoms with Crippen molar-refractivity contribution >= 4 is 33.7 Å². The van der Waals surface area contributed by atoms with Gasteiger partial charge in [-0.15, -0.1) is 13.2 Å². The van der Waals surface area contributed by atoms with Gasteiger partial charge >= 0.3 is 12.3 Å². The van der Waals surface area contributed by atoms with Gasteiger partial charge < -0.3 is 14.8 Å². The highest BCUT2D eigenvalue weighted by Crippen LogP contribution is 2.68. The van der Waals surface area contributed by atoms with Crippen molar-refractivity contribution in [2.75, 3.05) is 11.9 Å². The Balaban J connectivity index is 1.22. The van der Waals surface area contributed by atoms with Gasteiger partial charge in [-0.2, -0.15) is 0 Å². The van der Waals surface area contributed by atoms with Crippen LogP contribution < -0.4 is 10.1 Å². The van der Waals surface area contributed by atoms with Gasteiger partial charge in [0, 0.05) is 18.7 Å². The number of ether oxygens (including phenoxy) is 2. The van der Waals surface area contributed by atoms with Crippen LogP contribution in [0.4, 0.5) is 24.0 Å². The molecule has 1 heterocycles. The molecule has 2 saturated carbocycles. The van der Waals surface area contributed by atoms with Crippen LogP contribution in [-0.4, -0.2) is 23.9 Å². The van der Waals surface area contributed by atoms with Crippen molar-refractivity contribution in [3.8, 4) is 5.75 Å². The first kappa shape index (κ1) is 28.6. The summed E-state index contributed by atoms with van der Waals surface area (Å²) < 4.78 is 47.6. The first-order chi connectivity index (χ1) is 19.4. The lowest BCUT2D eigenvalue weighted by Crippen LogP contribution is -2.50. The highest BCUT2D eigenvalue weighted by atomic mass is 32.1. The van der Waals surface area contributed by atoms with E-state index >= 15 is 0 Å². The van der Waals surface area contributed by atoms with Crippen LogP contribution in [0.2, 0.25) is 0 Å². The number of anilines is 2. The number of carbonyl (C=O) groups excluding carboxylic acids is 1. The number of alkyl halides is 3. The molecule has 5 nitrogen and oxygen atoms in total. The molecule has 2 aromatic rings. The number of hydrogen-bond donors (Lipinski definition) is 1. The molecule has 0 aliphatic heterocycles. The Bertz CT molecular complexity index is 1360. The Morgan fingerprint density at radius 2 is 2.00 bits per heavy atom. The Morgan fingerprint density at radius 3 is 2.76 bits per heavy atom. The average molecular weight is 589 g/mol. The number of aryl methyl sites for hydroxylation is 1. The van der Waals surface area contributed by atoms with Crippen molar-refractivity contribution in [2.45, 2.75) is 79.0 Å². The van der Waals surface area contributed by atoms with E-state index in [1.54, 1.807) is 23.5 Å². The number of carbonyl (C=O) groups is 1. The number of fused-ring (bicyclic) bond motifs is 7. The number of aromatic nitrogens is 1. The summed E-state index contributed by atoms with van der Waals surface area (Å²) in [6, 6.07) is 5.91. The molecule has 0 radical (unpaired) electrons. The predicted octanol–water partition coefficient (Wildman–Crippen LogP) is 8.78. The maximum Gasteiger partial charge on any atom is 0.573 e. The average Bonchev–Trinajstić information content (AvgIpc) is 3.46. The number of halogens is 3. The topological polar surface area (TPSA) is 60.5 Å². The third-order valence-corrected chi connectivity index (χ3v) is 12.0. The molecule has 1 N–H and O–H groups in total. The molecule has 0 saturated heterocycles. The number of esters is 1. The summed E-state index contributed by atoms with van der Waals surface area (Å²) in [5.74, 6) is 2.49. The number of thiazole rings is 1. The molecular formula is C32H39F3N2O3S. The molecule has 1 aromatic heterocycles. The highest BCUT2D eigenvalue weighted by molar-refractivity contribution is 7.16. The minimum absolute atomic E-state index is 0.100. The second-order valence-corrected chi connectivity index (χ2v) is 14.2. The minimum atomic E-state index is -4.73. The van der Waals surface area contributed by atoms with E-state index in [0.29, 0.717) is 47.0 Å². The summed E-state index contributed by atoms with van der Waals surface area (Å²) in [4.78, 5) is 17.5. The van der Waals surface area contributed by atoms with Crippen molar-refractivity contribution in [1.82, 2.24) is 4.98 Å². The van der Waals surface area contributed by atoms with Gasteiger partial charge in [0.15, 0.2) is 5.13 Å². The molecule has 4 aliphatic carbocycles. The van der Waals surface area contributed by atoms with E-state index in [-0.39, 0.29) is 22.5 Å². The maximum absolute atomic E-state index is 12.7. The first-order valence-corrected chi connectivity index (χ1v) is 15.7. The number of nitrogens with zero attached hydrogens (tertiary/aromatic N) is 1. The standard InChI is InChI=1S/C32H39F3N2O3S/c1-18(17-39-19(2)38)23-10-11-24-22-8-9-26-28-27(13-15-31(26,4)25(22)12-14-30(23,24)3)37-29(41-28)36-20-6-5-7-21(16-20)40-32(33,34)35/h5-7,9,16,18,22-25H,8,10-15,17H2,1-4H3,(H,36,37)/t18-,22+,23-,24+,25+,30-,31-/m1/s1. The molecule has 222 valence electrons. The number of hydrogen-bond acceptors (Lipinski definition) is 6. The zero-order chi connectivity index (χ0) is 29.2. The van der Waals surface area contributed by atoms with E-state index in [2.05, 4.69) is 36.9 Å². The van der Waals surface area contributed by atoms with Gasteiger partial charge in [0.05, 0.1) is 17.2 Å². The summed E-state index contributed by atoms with van der Waals surface area (Å²) in [6.45, 7) is 9.23. The van der Waals surface area contributed by atoms with E-state index in [1.807, 2.05) is 0 Å². The van der Waals surface area contributed by atoms with Crippen molar-refractivity contribution in [3.05, 3.63) is 40.9 Å². The van der Waals surface area contributed by atoms with Crippen LogP contribution in [0, 0.1) is 40.4 Å². The van der Waals surface area contributed by atoms with Crippen LogP contribution >= 0.6 is 11.3 Å². The van der Waals surface area contributed by atoms with Gasteiger partial charge in [-0.25, -0.2) is 4.98 Å². The Hall–Kier alpha value is -2.55. The van der Waals surface area contributed by atoms with Gasteiger partial charge in [-0.05, 0) is 103 Å². The first-order valence-electron chi connectivity index (χ1n) is 14.8. The lowest BCUT2D eigenvalue weighted by atomic mass is 9.47. The summed E-state index contributed by atoms with van der Waals surface area (Å²) in [6.07, 6.45) is 5.72. The van der Waals surface area contributed by atoms with Crippen LogP contribution in [0.5, 0.6) is 5.75 Å². The molecular weight excluding hydrogens is 549 g/mol. The zero-order valence-electron chi connectivity index (χ0n) is 24.1. The SMILES string of the molecule is CC(=O)OC[C@@H](C)[C@H]1CC[C@H]2[C@@H]3CC=C4c5sc(Nc6cccc(OC(F)(F)F)c6)nc5CC[C@]4(C)[C@H]3CC[C@]12C. The smallest absolute Gasteiger partial charge is 0.466 e. The lowest BCUT2D eigenvalue weighted by molar-refractivity contribution is -0.274. The second-order valence-electron chi connectivity index (χ2n) is 13.2. The molecule has 2 fully saturated rings. The van der Waals surface area contributed by atoms with Gasteiger partial charge in [-0.3, -0.25) is 4.79 Å². The van der Waals surface area contributed by atoms with Crippen LogP contribution in [0.1, 0.15) is 76.8 Å². The fraction of sp³-hybridized carbons (Fsp3) is 0.625. The molecule has 4 aliphatic rings. The lowest BCUT2D eigenvalue weighted by Gasteiger charge is -2.57. The third-order valence-electron chi connectivity index (χ3n) is 10.9. The summed E-state index contributed by atoms with van der Waals surface area (Å²) in [5.41, 5.74) is 3.41. The summed E-state index contributed by atoms with van der Waals surface area (Å²) in [7, 11) is 0. The van der Waals surface area contributed by atoms with Gasteiger partial charge in [0.2, 0.25) is 0 Å². The van der Waals surface area contributed by atoms with E-state index in [4.69, 9.17) is 9.72 Å². The van der Waals surface area contributed by atoms with Crippen molar-refractivity contribution in [3.63, 3.8) is 0 Å². The second kappa shape index (κ2) is 10.3. The fourth-order valence-electron chi connectivity index (χ4n) is 9.16. The van der Waals surface area contributed by atoms with Crippen molar-refractivity contribution < 1.29 is 27.4 Å².